The van der Waals surface area contributed by atoms with Crippen LogP contribution in [0.15, 0.2) is 0 Å². The Hall–Kier alpha value is -0.0400. The molecule has 78 valence electrons. The van der Waals surface area contributed by atoms with Gasteiger partial charge in [-0.2, -0.15) is 0 Å². The van der Waals surface area contributed by atoms with Gasteiger partial charge in [0.1, 0.15) is 0 Å². The summed E-state index contributed by atoms with van der Waals surface area (Å²) < 4.78 is 0. The van der Waals surface area contributed by atoms with Crippen molar-refractivity contribution < 1.29 is 0 Å². The molecule has 0 amide bonds. The molecule has 1 heteroatoms. The summed E-state index contributed by atoms with van der Waals surface area (Å²) in [4.78, 5) is 0. The average molecular weight is 183 g/mol. The van der Waals surface area contributed by atoms with Crippen molar-refractivity contribution >= 4 is 0 Å². The van der Waals surface area contributed by atoms with Gasteiger partial charge in [0, 0.05) is 6.04 Å². The maximum absolute atomic E-state index is 5.81. The zero-order chi connectivity index (χ0) is 10.1. The van der Waals surface area contributed by atoms with Gasteiger partial charge in [-0.15, -0.1) is 0 Å². The predicted octanol–water partition coefficient (Wildman–Crippen LogP) is 3.33. The molecule has 1 aliphatic carbocycles. The van der Waals surface area contributed by atoms with Crippen molar-refractivity contribution in [3.63, 3.8) is 0 Å². The second kappa shape index (κ2) is 3.61. The number of rotatable bonds is 4. The highest BCUT2D eigenvalue weighted by atomic mass is 14.6. The minimum atomic E-state index is 0.374. The lowest BCUT2D eigenvalue weighted by atomic mass is 9.48. The van der Waals surface area contributed by atoms with E-state index < -0.39 is 0 Å². The Labute approximate surface area is 83.1 Å². The minimum absolute atomic E-state index is 0.374. The molecule has 2 N–H and O–H groups in total. The van der Waals surface area contributed by atoms with E-state index in [-0.39, 0.29) is 0 Å². The number of nitrogens with two attached hydrogens (primary N) is 1. The van der Waals surface area contributed by atoms with Crippen LogP contribution in [0.1, 0.15) is 59.8 Å². The monoisotopic (exact) mass is 183 g/mol. The molecule has 1 aliphatic rings. The van der Waals surface area contributed by atoms with Gasteiger partial charge in [0.05, 0.1) is 0 Å². The Balaban J connectivity index is 2.47. The van der Waals surface area contributed by atoms with Crippen LogP contribution in [0.25, 0.3) is 0 Å². The van der Waals surface area contributed by atoms with E-state index in [0.29, 0.717) is 16.9 Å². The van der Waals surface area contributed by atoms with E-state index in [1.807, 2.05) is 0 Å². The van der Waals surface area contributed by atoms with Crippen LogP contribution in [0.5, 0.6) is 0 Å². The fourth-order valence-electron chi connectivity index (χ4n) is 2.56. The third-order valence-corrected chi connectivity index (χ3v) is 4.62. The standard InChI is InChI=1S/C12H25N/c1-5-11(3)8-9-12(11,4)7-6-10(2)13/h10H,5-9,13H2,1-4H3. The van der Waals surface area contributed by atoms with Crippen molar-refractivity contribution in [3.05, 3.63) is 0 Å². The largest absolute Gasteiger partial charge is 0.328 e. The third kappa shape index (κ3) is 1.90. The Morgan fingerprint density at radius 3 is 2.08 bits per heavy atom. The molecule has 1 fully saturated rings. The van der Waals surface area contributed by atoms with Crippen molar-refractivity contribution in [2.75, 3.05) is 0 Å². The summed E-state index contributed by atoms with van der Waals surface area (Å²) in [6, 6.07) is 0.374. The Bertz CT molecular complexity index is 172. The first-order valence-electron chi connectivity index (χ1n) is 5.69. The summed E-state index contributed by atoms with van der Waals surface area (Å²) in [6.07, 6.45) is 6.65. The number of hydrogen-bond donors (Lipinski definition) is 1. The van der Waals surface area contributed by atoms with E-state index in [0.717, 1.165) is 0 Å². The zero-order valence-electron chi connectivity index (χ0n) is 9.69. The topological polar surface area (TPSA) is 26.0 Å². The van der Waals surface area contributed by atoms with E-state index in [9.17, 15) is 0 Å². The Morgan fingerprint density at radius 2 is 1.77 bits per heavy atom. The Morgan fingerprint density at radius 1 is 1.23 bits per heavy atom. The van der Waals surface area contributed by atoms with Gasteiger partial charge in [0.15, 0.2) is 0 Å². The second-order valence-corrected chi connectivity index (χ2v) is 5.49. The highest BCUT2D eigenvalue weighted by molar-refractivity contribution is 5.00. The molecule has 0 radical (unpaired) electrons. The van der Waals surface area contributed by atoms with Gasteiger partial charge in [-0.3, -0.25) is 0 Å². The second-order valence-electron chi connectivity index (χ2n) is 5.49. The lowest BCUT2D eigenvalue weighted by molar-refractivity contribution is -0.0628. The molecule has 0 aromatic heterocycles. The highest BCUT2D eigenvalue weighted by Gasteiger charge is 2.50. The molecular weight excluding hydrogens is 158 g/mol. The van der Waals surface area contributed by atoms with Crippen LogP contribution < -0.4 is 5.73 Å². The van der Waals surface area contributed by atoms with Crippen LogP contribution in [0, 0.1) is 10.8 Å². The van der Waals surface area contributed by atoms with E-state index in [2.05, 4.69) is 27.7 Å². The molecule has 1 saturated carbocycles. The average Bonchev–Trinajstić information content (AvgIpc) is 2.10. The van der Waals surface area contributed by atoms with Crippen LogP contribution in [0.3, 0.4) is 0 Å². The first-order valence-corrected chi connectivity index (χ1v) is 5.69. The molecule has 0 aliphatic heterocycles. The molecule has 1 rings (SSSR count). The molecule has 13 heavy (non-hydrogen) atoms. The van der Waals surface area contributed by atoms with Crippen LogP contribution in [0.4, 0.5) is 0 Å². The van der Waals surface area contributed by atoms with Crippen LogP contribution in [-0.2, 0) is 0 Å². The fraction of sp³-hybridized carbons (Fsp3) is 1.00. The maximum atomic E-state index is 5.81. The van der Waals surface area contributed by atoms with Crippen molar-refractivity contribution in [3.8, 4) is 0 Å². The van der Waals surface area contributed by atoms with Crippen molar-refractivity contribution in [2.45, 2.75) is 65.8 Å². The molecular formula is C12H25N. The highest BCUT2D eigenvalue weighted by Crippen LogP contribution is 2.60. The van der Waals surface area contributed by atoms with Crippen molar-refractivity contribution in [1.82, 2.24) is 0 Å². The van der Waals surface area contributed by atoms with Gasteiger partial charge >= 0.3 is 0 Å². The molecule has 3 unspecified atom stereocenters. The number of hydrogen-bond acceptors (Lipinski definition) is 1. The summed E-state index contributed by atoms with van der Waals surface area (Å²) in [5.41, 5.74) is 6.99. The maximum Gasteiger partial charge on any atom is 0.00106 e. The van der Waals surface area contributed by atoms with Crippen LogP contribution in [-0.4, -0.2) is 6.04 Å². The lowest BCUT2D eigenvalue weighted by Gasteiger charge is -2.57. The summed E-state index contributed by atoms with van der Waals surface area (Å²) >= 11 is 0. The molecule has 0 saturated heterocycles. The summed E-state index contributed by atoms with van der Waals surface area (Å²) in [6.45, 7) is 9.33. The first kappa shape index (κ1) is 11.0. The molecule has 0 aromatic carbocycles. The van der Waals surface area contributed by atoms with Crippen molar-refractivity contribution in [2.24, 2.45) is 16.6 Å². The van der Waals surface area contributed by atoms with Gasteiger partial charge in [0.2, 0.25) is 0 Å². The summed E-state index contributed by atoms with van der Waals surface area (Å²) in [7, 11) is 0. The SMILES string of the molecule is CCC1(C)CCC1(C)CCC(C)N. The summed E-state index contributed by atoms with van der Waals surface area (Å²) in [5.74, 6) is 0. The molecule has 0 bridgehead atoms. The van der Waals surface area contributed by atoms with E-state index in [1.165, 1.54) is 32.1 Å². The molecule has 0 heterocycles. The molecule has 3 atom stereocenters. The van der Waals surface area contributed by atoms with Gasteiger partial charge in [-0.05, 0) is 43.4 Å². The van der Waals surface area contributed by atoms with E-state index in [4.69, 9.17) is 5.73 Å². The van der Waals surface area contributed by atoms with Crippen LogP contribution in [0.2, 0.25) is 0 Å². The predicted molar refractivity (Wildman–Crippen MR) is 58.6 cm³/mol. The molecule has 0 spiro atoms. The minimum Gasteiger partial charge on any atom is -0.328 e. The molecule has 0 aromatic rings. The lowest BCUT2D eigenvalue weighted by Crippen LogP contribution is -2.47. The summed E-state index contributed by atoms with van der Waals surface area (Å²) in [5, 5.41) is 0. The molecule has 1 nitrogen and oxygen atoms in total. The smallest absolute Gasteiger partial charge is 0.00106 e. The van der Waals surface area contributed by atoms with E-state index in [1.54, 1.807) is 0 Å². The van der Waals surface area contributed by atoms with Crippen LogP contribution >= 0.6 is 0 Å². The van der Waals surface area contributed by atoms with Gasteiger partial charge in [0.25, 0.3) is 0 Å². The third-order valence-electron chi connectivity index (χ3n) is 4.62. The normalized spacial score (nSPS) is 41.3. The zero-order valence-corrected chi connectivity index (χ0v) is 9.69. The van der Waals surface area contributed by atoms with Gasteiger partial charge in [-0.1, -0.05) is 27.2 Å². The van der Waals surface area contributed by atoms with Gasteiger partial charge < -0.3 is 5.73 Å². The first-order chi connectivity index (χ1) is 5.93. The quantitative estimate of drug-likeness (QED) is 0.711. The Kier molecular flexibility index (Phi) is 3.06. The fourth-order valence-corrected chi connectivity index (χ4v) is 2.56. The van der Waals surface area contributed by atoms with E-state index >= 15 is 0 Å². The van der Waals surface area contributed by atoms with Crippen molar-refractivity contribution in [1.29, 1.82) is 0 Å². The van der Waals surface area contributed by atoms with Gasteiger partial charge in [-0.25, -0.2) is 0 Å².